The molecule has 1 aliphatic rings. The van der Waals surface area contributed by atoms with E-state index in [0.717, 1.165) is 13.1 Å². The highest BCUT2D eigenvalue weighted by molar-refractivity contribution is 5.56. The normalized spacial score (nSPS) is 22.1. The summed E-state index contributed by atoms with van der Waals surface area (Å²) >= 11 is 0. The van der Waals surface area contributed by atoms with Crippen LogP contribution in [0.5, 0.6) is 0 Å². The summed E-state index contributed by atoms with van der Waals surface area (Å²) in [6.07, 6.45) is 0.566. The average Bonchev–Trinajstić information content (AvgIpc) is 2.32. The van der Waals surface area contributed by atoms with Crippen LogP contribution in [0.15, 0.2) is 18.2 Å². The summed E-state index contributed by atoms with van der Waals surface area (Å²) in [5.74, 6) is 0. The maximum absolute atomic E-state index is 9.02. The lowest BCUT2D eigenvalue weighted by atomic mass is 9.95. The van der Waals surface area contributed by atoms with Gasteiger partial charge in [-0.05, 0) is 39.3 Å². The number of hydrogen-bond donors (Lipinski definition) is 1. The Morgan fingerprint density at radius 2 is 2.16 bits per heavy atom. The van der Waals surface area contributed by atoms with Gasteiger partial charge in [0.1, 0.15) is 0 Å². The van der Waals surface area contributed by atoms with Gasteiger partial charge in [-0.15, -0.1) is 0 Å². The minimum absolute atomic E-state index is 0.0866. The van der Waals surface area contributed by atoms with E-state index in [1.807, 2.05) is 0 Å². The van der Waals surface area contributed by atoms with Crippen molar-refractivity contribution in [1.29, 1.82) is 5.26 Å². The molecule has 0 aliphatic carbocycles. The fraction of sp³-hybridized carbons (Fsp3) is 0.562. The van der Waals surface area contributed by atoms with Gasteiger partial charge in [0.15, 0.2) is 0 Å². The first-order chi connectivity index (χ1) is 8.93. The van der Waals surface area contributed by atoms with Crippen molar-refractivity contribution in [2.24, 2.45) is 0 Å². The van der Waals surface area contributed by atoms with E-state index < -0.39 is 0 Å². The summed E-state index contributed by atoms with van der Waals surface area (Å²) in [5.41, 5.74) is 3.93. The molecular formula is C16H23N3. The molecule has 1 unspecified atom stereocenters. The van der Waals surface area contributed by atoms with Crippen LogP contribution >= 0.6 is 0 Å². The maximum Gasteiger partial charge on any atom is 0.0643 e. The Bertz CT molecular complexity index is 499. The van der Waals surface area contributed by atoms with E-state index in [9.17, 15) is 0 Å². The molecule has 0 saturated carbocycles. The van der Waals surface area contributed by atoms with Crippen molar-refractivity contribution >= 4 is 5.69 Å². The third-order valence-electron chi connectivity index (χ3n) is 3.81. The van der Waals surface area contributed by atoms with Crippen LogP contribution in [0.4, 0.5) is 5.69 Å². The lowest BCUT2D eigenvalue weighted by Crippen LogP contribution is -2.61. The quantitative estimate of drug-likeness (QED) is 0.885. The summed E-state index contributed by atoms with van der Waals surface area (Å²) in [6.45, 7) is 10.5. The molecule has 1 N–H and O–H groups in total. The maximum atomic E-state index is 9.02. The molecule has 1 saturated heterocycles. The zero-order chi connectivity index (χ0) is 14.0. The number of piperazine rings is 1. The SMILES string of the molecule is Cc1ccc(N2CC(C)(C)NCC2CC#N)c(C)c1. The molecule has 1 atom stereocenters. The molecule has 2 rings (SSSR count). The summed E-state index contributed by atoms with van der Waals surface area (Å²) in [7, 11) is 0. The fourth-order valence-corrected chi connectivity index (χ4v) is 2.81. The number of nitrogens with zero attached hydrogens (tertiary/aromatic N) is 2. The molecular weight excluding hydrogens is 234 g/mol. The van der Waals surface area contributed by atoms with Gasteiger partial charge in [0.25, 0.3) is 0 Å². The predicted octanol–water partition coefficient (Wildman–Crippen LogP) is 2.77. The van der Waals surface area contributed by atoms with E-state index in [0.29, 0.717) is 6.42 Å². The third kappa shape index (κ3) is 3.08. The van der Waals surface area contributed by atoms with Gasteiger partial charge in [-0.25, -0.2) is 0 Å². The molecule has 19 heavy (non-hydrogen) atoms. The smallest absolute Gasteiger partial charge is 0.0643 e. The number of hydrogen-bond acceptors (Lipinski definition) is 3. The van der Waals surface area contributed by atoms with Crippen molar-refractivity contribution in [3.63, 3.8) is 0 Å². The average molecular weight is 257 g/mol. The topological polar surface area (TPSA) is 39.1 Å². The number of nitrogens with one attached hydrogen (secondary N) is 1. The van der Waals surface area contributed by atoms with Crippen LogP contribution in [0.2, 0.25) is 0 Å². The number of benzene rings is 1. The number of nitriles is 1. The Balaban J connectivity index is 2.34. The Morgan fingerprint density at radius 3 is 2.79 bits per heavy atom. The van der Waals surface area contributed by atoms with Crippen LogP contribution in [0.3, 0.4) is 0 Å². The Labute approximate surface area is 116 Å². The second-order valence-corrected chi connectivity index (χ2v) is 6.20. The summed E-state index contributed by atoms with van der Waals surface area (Å²) in [5, 5.41) is 12.6. The molecule has 102 valence electrons. The number of rotatable bonds is 2. The minimum Gasteiger partial charge on any atom is -0.364 e. The Kier molecular flexibility index (Phi) is 3.82. The zero-order valence-electron chi connectivity index (χ0n) is 12.3. The summed E-state index contributed by atoms with van der Waals surface area (Å²) < 4.78 is 0. The van der Waals surface area contributed by atoms with Gasteiger partial charge in [0, 0.05) is 24.3 Å². The Morgan fingerprint density at radius 1 is 1.42 bits per heavy atom. The largest absolute Gasteiger partial charge is 0.364 e. The summed E-state index contributed by atoms with van der Waals surface area (Å²) in [6, 6.07) is 9.14. The van der Waals surface area contributed by atoms with Gasteiger partial charge >= 0.3 is 0 Å². The highest BCUT2D eigenvalue weighted by atomic mass is 15.3. The molecule has 0 aromatic heterocycles. The minimum atomic E-state index is 0.0866. The molecule has 1 heterocycles. The number of anilines is 1. The lowest BCUT2D eigenvalue weighted by molar-refractivity contribution is 0.311. The van der Waals surface area contributed by atoms with Crippen molar-refractivity contribution in [3.8, 4) is 6.07 Å². The zero-order valence-corrected chi connectivity index (χ0v) is 12.3. The van der Waals surface area contributed by atoms with Crippen LogP contribution in [-0.4, -0.2) is 24.7 Å². The van der Waals surface area contributed by atoms with E-state index in [1.54, 1.807) is 0 Å². The molecule has 0 bridgehead atoms. The van der Waals surface area contributed by atoms with Gasteiger partial charge in [0.2, 0.25) is 0 Å². The van der Waals surface area contributed by atoms with Crippen molar-refractivity contribution in [2.45, 2.75) is 45.7 Å². The van der Waals surface area contributed by atoms with Crippen LogP contribution in [0.25, 0.3) is 0 Å². The highest BCUT2D eigenvalue weighted by Gasteiger charge is 2.32. The lowest BCUT2D eigenvalue weighted by Gasteiger charge is -2.45. The van der Waals surface area contributed by atoms with Crippen LogP contribution < -0.4 is 10.2 Å². The van der Waals surface area contributed by atoms with E-state index in [1.165, 1.54) is 16.8 Å². The number of aryl methyl sites for hydroxylation is 2. The summed E-state index contributed by atoms with van der Waals surface area (Å²) in [4.78, 5) is 2.40. The fourth-order valence-electron chi connectivity index (χ4n) is 2.81. The molecule has 1 aliphatic heterocycles. The van der Waals surface area contributed by atoms with Crippen molar-refractivity contribution in [3.05, 3.63) is 29.3 Å². The molecule has 0 radical (unpaired) electrons. The van der Waals surface area contributed by atoms with Crippen molar-refractivity contribution < 1.29 is 0 Å². The van der Waals surface area contributed by atoms with E-state index in [4.69, 9.17) is 5.26 Å². The van der Waals surface area contributed by atoms with Crippen molar-refractivity contribution in [1.82, 2.24) is 5.32 Å². The predicted molar refractivity (Wildman–Crippen MR) is 79.4 cm³/mol. The third-order valence-corrected chi connectivity index (χ3v) is 3.81. The van der Waals surface area contributed by atoms with Gasteiger partial charge in [-0.2, -0.15) is 5.26 Å². The second kappa shape index (κ2) is 5.22. The van der Waals surface area contributed by atoms with Crippen LogP contribution in [-0.2, 0) is 0 Å². The van der Waals surface area contributed by atoms with Crippen LogP contribution in [0.1, 0.15) is 31.4 Å². The van der Waals surface area contributed by atoms with Gasteiger partial charge in [-0.1, -0.05) is 17.7 Å². The van der Waals surface area contributed by atoms with Crippen LogP contribution in [0, 0.1) is 25.2 Å². The van der Waals surface area contributed by atoms with Crippen molar-refractivity contribution in [2.75, 3.05) is 18.0 Å². The Hall–Kier alpha value is -1.53. The van der Waals surface area contributed by atoms with Gasteiger partial charge in [0.05, 0.1) is 18.5 Å². The first-order valence-electron chi connectivity index (χ1n) is 6.89. The molecule has 0 spiro atoms. The standard InChI is InChI=1S/C16H23N3/c1-12-5-6-15(13(2)9-12)19-11-16(3,4)18-10-14(19)7-8-17/h5-6,9,14,18H,7,10-11H2,1-4H3. The highest BCUT2D eigenvalue weighted by Crippen LogP contribution is 2.28. The van der Waals surface area contributed by atoms with E-state index in [2.05, 4.69) is 62.2 Å². The molecule has 1 aromatic rings. The molecule has 3 nitrogen and oxygen atoms in total. The molecule has 3 heteroatoms. The monoisotopic (exact) mass is 257 g/mol. The van der Waals surface area contributed by atoms with Gasteiger partial charge < -0.3 is 10.2 Å². The second-order valence-electron chi connectivity index (χ2n) is 6.20. The van der Waals surface area contributed by atoms with E-state index >= 15 is 0 Å². The first-order valence-corrected chi connectivity index (χ1v) is 6.89. The van der Waals surface area contributed by atoms with Gasteiger partial charge in [-0.3, -0.25) is 0 Å². The molecule has 1 aromatic carbocycles. The first kappa shape index (κ1) is 13.9. The van der Waals surface area contributed by atoms with E-state index in [-0.39, 0.29) is 11.6 Å². The molecule has 1 fully saturated rings. The molecule has 0 amide bonds.